The van der Waals surface area contributed by atoms with Gasteiger partial charge in [-0.2, -0.15) is 0 Å². The number of benzene rings is 2. The first kappa shape index (κ1) is 20.0. The van der Waals surface area contributed by atoms with Crippen LogP contribution < -0.4 is 0 Å². The van der Waals surface area contributed by atoms with Crippen molar-refractivity contribution < 1.29 is 9.72 Å². The summed E-state index contributed by atoms with van der Waals surface area (Å²) in [4.78, 5) is 27.8. The van der Waals surface area contributed by atoms with Gasteiger partial charge in [-0.25, -0.2) is 0 Å². The molecule has 0 N–H and O–H groups in total. The van der Waals surface area contributed by atoms with E-state index in [0.29, 0.717) is 24.6 Å². The Morgan fingerprint density at radius 3 is 2.29 bits per heavy atom. The summed E-state index contributed by atoms with van der Waals surface area (Å²) in [6, 6.07) is 13.6. The monoisotopic (exact) mass is 381 g/mol. The van der Waals surface area contributed by atoms with Crippen molar-refractivity contribution in [3.05, 3.63) is 74.8 Å². The summed E-state index contributed by atoms with van der Waals surface area (Å²) in [6.07, 6.45) is 0. The van der Waals surface area contributed by atoms with Crippen molar-refractivity contribution in [1.82, 2.24) is 9.80 Å². The van der Waals surface area contributed by atoms with Crippen LogP contribution in [0.25, 0.3) is 0 Å². The molecule has 1 heterocycles. The zero-order valence-electron chi connectivity index (χ0n) is 16.7. The van der Waals surface area contributed by atoms with Crippen LogP contribution in [0, 0.1) is 17.0 Å². The van der Waals surface area contributed by atoms with Gasteiger partial charge in [0.15, 0.2) is 0 Å². The smallest absolute Gasteiger partial charge is 0.285 e. The number of para-hydroxylation sites is 1. The average Bonchev–Trinajstić information content (AvgIpc) is 2.68. The van der Waals surface area contributed by atoms with Crippen molar-refractivity contribution in [2.24, 2.45) is 0 Å². The second-order valence-corrected chi connectivity index (χ2v) is 7.69. The first-order valence-corrected chi connectivity index (χ1v) is 9.71. The van der Waals surface area contributed by atoms with Gasteiger partial charge in [0.25, 0.3) is 11.6 Å². The highest BCUT2D eigenvalue weighted by Crippen LogP contribution is 2.25. The number of amides is 1. The van der Waals surface area contributed by atoms with E-state index in [2.05, 4.69) is 43.0 Å². The fourth-order valence-electron chi connectivity index (χ4n) is 3.62. The third-order valence-corrected chi connectivity index (χ3v) is 5.36. The van der Waals surface area contributed by atoms with E-state index < -0.39 is 4.92 Å². The minimum atomic E-state index is -0.459. The molecular weight excluding hydrogens is 354 g/mol. The highest BCUT2D eigenvalue weighted by molar-refractivity contribution is 5.98. The van der Waals surface area contributed by atoms with Gasteiger partial charge in [0.05, 0.1) is 4.92 Å². The minimum Gasteiger partial charge on any atom is -0.336 e. The van der Waals surface area contributed by atoms with Gasteiger partial charge < -0.3 is 4.90 Å². The van der Waals surface area contributed by atoms with Gasteiger partial charge in [-0.05, 0) is 30.0 Å². The largest absolute Gasteiger partial charge is 0.336 e. The number of carbonyl (C=O) groups excluding carboxylic acids is 1. The van der Waals surface area contributed by atoms with Crippen molar-refractivity contribution in [2.45, 2.75) is 33.2 Å². The van der Waals surface area contributed by atoms with Crippen LogP contribution in [0.3, 0.4) is 0 Å². The van der Waals surface area contributed by atoms with Crippen molar-refractivity contribution in [2.75, 3.05) is 26.2 Å². The molecule has 1 aliphatic rings. The van der Waals surface area contributed by atoms with Crippen molar-refractivity contribution >= 4 is 11.6 Å². The molecule has 1 saturated heterocycles. The topological polar surface area (TPSA) is 66.7 Å². The van der Waals surface area contributed by atoms with Crippen LogP contribution in [0.4, 0.5) is 5.69 Å². The number of aryl methyl sites for hydroxylation is 1. The summed E-state index contributed by atoms with van der Waals surface area (Å²) in [6.45, 7) is 9.56. The lowest BCUT2D eigenvalue weighted by atomic mass is 10.0. The summed E-state index contributed by atoms with van der Waals surface area (Å²) in [7, 11) is 0. The van der Waals surface area contributed by atoms with Gasteiger partial charge >= 0.3 is 0 Å². The number of hydrogen-bond acceptors (Lipinski definition) is 4. The Hall–Kier alpha value is -2.73. The molecule has 0 bridgehead atoms. The van der Waals surface area contributed by atoms with Gasteiger partial charge in [0, 0.05) is 38.3 Å². The number of carbonyl (C=O) groups is 1. The number of hydrogen-bond donors (Lipinski definition) is 0. The van der Waals surface area contributed by atoms with Gasteiger partial charge in [0.2, 0.25) is 0 Å². The fraction of sp³-hybridized carbons (Fsp3) is 0.409. The Kier molecular flexibility index (Phi) is 6.09. The van der Waals surface area contributed by atoms with E-state index in [9.17, 15) is 14.9 Å². The van der Waals surface area contributed by atoms with Gasteiger partial charge in [0.1, 0.15) is 5.56 Å². The number of rotatable bonds is 5. The average molecular weight is 381 g/mol. The van der Waals surface area contributed by atoms with Crippen LogP contribution in [0.5, 0.6) is 0 Å². The summed E-state index contributed by atoms with van der Waals surface area (Å²) < 4.78 is 0. The zero-order chi connectivity index (χ0) is 20.3. The number of nitro groups is 1. The summed E-state index contributed by atoms with van der Waals surface area (Å²) in [5.41, 5.74) is 3.21. The predicted octanol–water partition coefficient (Wildman–Crippen LogP) is 3.98. The molecule has 0 aromatic heterocycles. The number of piperazine rings is 1. The van der Waals surface area contributed by atoms with E-state index in [-0.39, 0.29) is 17.2 Å². The molecule has 0 unspecified atom stereocenters. The standard InChI is InChI=1S/C22H27N3O3/c1-16(2)19-9-7-18(8-10-19)15-23-11-13-24(14-12-23)22(26)20-6-4-5-17(3)21(20)25(27)28/h4-10,16H,11-15H2,1-3H3. The molecule has 148 valence electrons. The SMILES string of the molecule is Cc1cccc(C(=O)N2CCN(Cc3ccc(C(C)C)cc3)CC2)c1[N+](=O)[O-]. The summed E-state index contributed by atoms with van der Waals surface area (Å²) in [5, 5.41) is 11.4. The lowest BCUT2D eigenvalue weighted by Crippen LogP contribution is -2.48. The maximum Gasteiger partial charge on any atom is 0.285 e. The molecule has 0 saturated carbocycles. The van der Waals surface area contributed by atoms with Crippen molar-refractivity contribution in [3.8, 4) is 0 Å². The van der Waals surface area contributed by atoms with Crippen molar-refractivity contribution in [3.63, 3.8) is 0 Å². The van der Waals surface area contributed by atoms with E-state index in [1.54, 1.807) is 30.0 Å². The van der Waals surface area contributed by atoms with Crippen LogP contribution in [-0.2, 0) is 6.54 Å². The Bertz CT molecular complexity index is 854. The predicted molar refractivity (Wildman–Crippen MR) is 110 cm³/mol. The number of nitro benzene ring substituents is 1. The zero-order valence-corrected chi connectivity index (χ0v) is 16.7. The molecule has 2 aromatic carbocycles. The molecule has 0 aliphatic carbocycles. The normalized spacial score (nSPS) is 15.1. The maximum atomic E-state index is 12.8. The van der Waals surface area contributed by atoms with E-state index >= 15 is 0 Å². The molecule has 6 nitrogen and oxygen atoms in total. The molecule has 0 radical (unpaired) electrons. The van der Waals surface area contributed by atoms with E-state index in [1.165, 1.54) is 11.1 Å². The van der Waals surface area contributed by atoms with E-state index in [1.807, 2.05) is 0 Å². The second kappa shape index (κ2) is 8.52. The molecule has 1 aliphatic heterocycles. The van der Waals surface area contributed by atoms with Crippen LogP contribution in [0.1, 0.15) is 46.8 Å². The molecule has 1 fully saturated rings. The van der Waals surface area contributed by atoms with Crippen LogP contribution in [0.2, 0.25) is 0 Å². The Morgan fingerprint density at radius 1 is 1.07 bits per heavy atom. The van der Waals surface area contributed by atoms with Gasteiger partial charge in [-0.3, -0.25) is 19.8 Å². The maximum absolute atomic E-state index is 12.8. The Labute approximate surface area is 165 Å². The lowest BCUT2D eigenvalue weighted by Gasteiger charge is -2.34. The molecule has 1 amide bonds. The molecule has 0 atom stereocenters. The third-order valence-electron chi connectivity index (χ3n) is 5.36. The molecule has 3 rings (SSSR count). The third kappa shape index (κ3) is 4.39. The quantitative estimate of drug-likeness (QED) is 0.580. The van der Waals surface area contributed by atoms with Crippen LogP contribution in [0.15, 0.2) is 42.5 Å². The van der Waals surface area contributed by atoms with Crippen LogP contribution >= 0.6 is 0 Å². The van der Waals surface area contributed by atoms with Gasteiger partial charge in [-0.1, -0.05) is 50.2 Å². The Balaban J connectivity index is 1.62. The Morgan fingerprint density at radius 2 is 1.71 bits per heavy atom. The molecule has 6 heteroatoms. The lowest BCUT2D eigenvalue weighted by molar-refractivity contribution is -0.385. The molecule has 28 heavy (non-hydrogen) atoms. The highest BCUT2D eigenvalue weighted by atomic mass is 16.6. The molecule has 2 aromatic rings. The van der Waals surface area contributed by atoms with Crippen molar-refractivity contribution in [1.29, 1.82) is 0 Å². The van der Waals surface area contributed by atoms with Gasteiger partial charge in [-0.15, -0.1) is 0 Å². The second-order valence-electron chi connectivity index (χ2n) is 7.69. The molecular formula is C22H27N3O3. The first-order valence-electron chi connectivity index (χ1n) is 9.71. The molecule has 0 spiro atoms. The van der Waals surface area contributed by atoms with Crippen LogP contribution in [-0.4, -0.2) is 46.8 Å². The minimum absolute atomic E-state index is 0.0832. The highest BCUT2D eigenvalue weighted by Gasteiger charge is 2.28. The summed E-state index contributed by atoms with van der Waals surface area (Å²) in [5.74, 6) is 0.269. The number of nitrogens with zero attached hydrogens (tertiary/aromatic N) is 3. The summed E-state index contributed by atoms with van der Waals surface area (Å²) >= 11 is 0. The first-order chi connectivity index (χ1) is 13.4. The van der Waals surface area contributed by atoms with E-state index in [0.717, 1.165) is 19.6 Å². The fourth-order valence-corrected chi connectivity index (χ4v) is 3.62. The van der Waals surface area contributed by atoms with E-state index in [4.69, 9.17) is 0 Å².